The van der Waals surface area contributed by atoms with Crippen molar-refractivity contribution in [1.29, 1.82) is 0 Å². The van der Waals surface area contributed by atoms with Crippen molar-refractivity contribution in [1.82, 2.24) is 10.2 Å². The molecule has 8 nitrogen and oxygen atoms in total. The number of hydrogen-bond donors (Lipinski definition) is 1. The van der Waals surface area contributed by atoms with Crippen molar-refractivity contribution in [3.05, 3.63) is 120 Å². The van der Waals surface area contributed by atoms with Crippen LogP contribution in [0.1, 0.15) is 30.5 Å². The Labute approximate surface area is 254 Å². The Balaban J connectivity index is 1.70. The molecular weight excluding hydrogens is 562 g/mol. The lowest BCUT2D eigenvalue weighted by atomic mass is 10.1. The molecule has 1 atom stereocenters. The third kappa shape index (κ3) is 8.02. The van der Waals surface area contributed by atoms with Crippen molar-refractivity contribution in [2.24, 2.45) is 0 Å². The molecule has 0 saturated carbocycles. The van der Waals surface area contributed by atoms with Crippen LogP contribution in [0.5, 0.6) is 11.5 Å². The quantitative estimate of drug-likeness (QED) is 0.221. The largest absolute Gasteiger partial charge is 0.457 e. The van der Waals surface area contributed by atoms with Crippen molar-refractivity contribution in [3.63, 3.8) is 0 Å². The lowest BCUT2D eigenvalue weighted by Crippen LogP contribution is -2.51. The molecule has 9 heteroatoms. The predicted molar refractivity (Wildman–Crippen MR) is 169 cm³/mol. The Bertz CT molecular complexity index is 1620. The van der Waals surface area contributed by atoms with Crippen LogP contribution < -0.4 is 14.4 Å². The van der Waals surface area contributed by atoms with E-state index in [1.54, 1.807) is 50.2 Å². The molecule has 1 N–H and O–H groups in total. The van der Waals surface area contributed by atoms with Gasteiger partial charge < -0.3 is 15.0 Å². The van der Waals surface area contributed by atoms with Gasteiger partial charge in [0.2, 0.25) is 11.8 Å². The number of ether oxygens (including phenoxy) is 1. The number of para-hydroxylation sites is 1. The number of rotatable bonds is 12. The number of anilines is 1. The van der Waals surface area contributed by atoms with Crippen molar-refractivity contribution in [3.8, 4) is 11.5 Å². The highest BCUT2D eigenvalue weighted by molar-refractivity contribution is 7.92. The number of aryl methyl sites for hydroxylation is 2. The van der Waals surface area contributed by atoms with Gasteiger partial charge in [-0.25, -0.2) is 8.42 Å². The fraction of sp³-hybridized carbons (Fsp3) is 0.235. The summed E-state index contributed by atoms with van der Waals surface area (Å²) in [4.78, 5) is 28.3. The normalized spacial score (nSPS) is 11.8. The SMILES string of the molecule is CCNC(=O)[C@H](C)N(Cc1ccc(C)cc1)C(=O)CN(c1ccc(Oc2ccccc2)cc1)S(=O)(=O)c1ccc(C)cc1. The summed E-state index contributed by atoms with van der Waals surface area (Å²) in [6.45, 7) is 7.32. The van der Waals surface area contributed by atoms with Crippen LogP contribution in [-0.4, -0.2) is 44.3 Å². The van der Waals surface area contributed by atoms with Crippen LogP contribution in [0, 0.1) is 13.8 Å². The van der Waals surface area contributed by atoms with Gasteiger partial charge in [-0.1, -0.05) is 65.7 Å². The molecule has 0 spiro atoms. The Morgan fingerprint density at radius 1 is 0.791 bits per heavy atom. The topological polar surface area (TPSA) is 96.0 Å². The Kier molecular flexibility index (Phi) is 10.2. The summed E-state index contributed by atoms with van der Waals surface area (Å²) in [5, 5.41) is 2.77. The zero-order chi connectivity index (χ0) is 31.0. The Morgan fingerprint density at radius 3 is 1.93 bits per heavy atom. The number of benzene rings is 4. The highest BCUT2D eigenvalue weighted by Gasteiger charge is 2.32. The van der Waals surface area contributed by atoms with E-state index in [9.17, 15) is 18.0 Å². The van der Waals surface area contributed by atoms with E-state index < -0.39 is 28.5 Å². The van der Waals surface area contributed by atoms with Crippen molar-refractivity contribution in [2.75, 3.05) is 17.4 Å². The number of hydrogen-bond acceptors (Lipinski definition) is 5. The summed E-state index contributed by atoms with van der Waals surface area (Å²) in [6, 6.07) is 29.1. The summed E-state index contributed by atoms with van der Waals surface area (Å²) in [5.41, 5.74) is 3.08. The average Bonchev–Trinajstić information content (AvgIpc) is 3.00. The average molecular weight is 600 g/mol. The molecule has 0 aliphatic heterocycles. The number of amides is 2. The molecule has 4 aromatic carbocycles. The first-order valence-electron chi connectivity index (χ1n) is 14.1. The molecular formula is C34H37N3O5S. The molecule has 0 unspecified atom stereocenters. The van der Waals surface area contributed by atoms with Gasteiger partial charge in [0.05, 0.1) is 10.6 Å². The number of nitrogens with zero attached hydrogens (tertiary/aromatic N) is 2. The lowest BCUT2D eigenvalue weighted by Gasteiger charge is -2.32. The van der Waals surface area contributed by atoms with Crippen molar-refractivity contribution < 1.29 is 22.7 Å². The zero-order valence-electron chi connectivity index (χ0n) is 24.9. The van der Waals surface area contributed by atoms with Crippen LogP contribution in [-0.2, 0) is 26.2 Å². The smallest absolute Gasteiger partial charge is 0.264 e. The second kappa shape index (κ2) is 14.0. The molecule has 0 aliphatic rings. The number of sulfonamides is 1. The fourth-order valence-electron chi connectivity index (χ4n) is 4.47. The number of carbonyl (C=O) groups excluding carboxylic acids is 2. The summed E-state index contributed by atoms with van der Waals surface area (Å²) < 4.78 is 35.0. The number of carbonyl (C=O) groups is 2. The van der Waals surface area contributed by atoms with Gasteiger partial charge in [-0.3, -0.25) is 13.9 Å². The Morgan fingerprint density at radius 2 is 1.35 bits per heavy atom. The third-order valence-corrected chi connectivity index (χ3v) is 8.77. The zero-order valence-corrected chi connectivity index (χ0v) is 25.7. The third-order valence-electron chi connectivity index (χ3n) is 6.98. The second-order valence-electron chi connectivity index (χ2n) is 10.3. The molecule has 43 heavy (non-hydrogen) atoms. The summed E-state index contributed by atoms with van der Waals surface area (Å²) in [5.74, 6) is 0.318. The maximum absolute atomic E-state index is 14.0. The van der Waals surface area contributed by atoms with Crippen LogP contribution in [0.25, 0.3) is 0 Å². The maximum Gasteiger partial charge on any atom is 0.264 e. The van der Waals surface area contributed by atoms with Crippen LogP contribution in [0.15, 0.2) is 108 Å². The van der Waals surface area contributed by atoms with E-state index in [-0.39, 0.29) is 23.0 Å². The van der Waals surface area contributed by atoms with Gasteiger partial charge in [0.25, 0.3) is 10.0 Å². The molecule has 4 rings (SSSR count). The molecule has 0 fully saturated rings. The lowest BCUT2D eigenvalue weighted by molar-refractivity contribution is -0.139. The summed E-state index contributed by atoms with van der Waals surface area (Å²) in [6.07, 6.45) is 0. The predicted octanol–water partition coefficient (Wildman–Crippen LogP) is 5.84. The maximum atomic E-state index is 14.0. The molecule has 0 aromatic heterocycles. The minimum Gasteiger partial charge on any atom is -0.457 e. The van der Waals surface area contributed by atoms with Crippen LogP contribution >= 0.6 is 0 Å². The number of nitrogens with one attached hydrogen (secondary N) is 1. The standard InChI is InChI=1S/C34H37N3O5S/c1-5-35-34(39)27(4)36(23-28-15-11-25(2)12-16-28)33(38)24-37(43(40,41)32-21-13-26(3)14-22-32)29-17-19-31(20-18-29)42-30-9-7-6-8-10-30/h6-22,27H,5,23-24H2,1-4H3,(H,35,39)/t27-/m0/s1. The molecule has 0 heterocycles. The van der Waals surface area contributed by atoms with Gasteiger partial charge >= 0.3 is 0 Å². The van der Waals surface area contributed by atoms with Gasteiger partial charge in [-0.05, 0) is 81.8 Å². The second-order valence-corrected chi connectivity index (χ2v) is 12.2. The minimum atomic E-state index is -4.16. The minimum absolute atomic E-state index is 0.0531. The highest BCUT2D eigenvalue weighted by Crippen LogP contribution is 2.28. The van der Waals surface area contributed by atoms with E-state index in [2.05, 4.69) is 5.32 Å². The number of likely N-dealkylation sites (N-methyl/N-ethyl adjacent to an activating group) is 1. The van der Waals surface area contributed by atoms with E-state index in [0.29, 0.717) is 18.0 Å². The molecule has 4 aromatic rings. The van der Waals surface area contributed by atoms with E-state index in [1.807, 2.05) is 68.4 Å². The van der Waals surface area contributed by atoms with Crippen molar-refractivity contribution in [2.45, 2.75) is 45.2 Å². The van der Waals surface area contributed by atoms with Crippen LogP contribution in [0.4, 0.5) is 5.69 Å². The van der Waals surface area contributed by atoms with E-state index in [1.165, 1.54) is 17.0 Å². The van der Waals surface area contributed by atoms with Crippen molar-refractivity contribution >= 4 is 27.5 Å². The van der Waals surface area contributed by atoms with Gasteiger partial charge in [0.15, 0.2) is 0 Å². The highest BCUT2D eigenvalue weighted by atomic mass is 32.2. The fourth-order valence-corrected chi connectivity index (χ4v) is 5.88. The van der Waals surface area contributed by atoms with E-state index in [0.717, 1.165) is 21.0 Å². The monoisotopic (exact) mass is 599 g/mol. The van der Waals surface area contributed by atoms with Gasteiger partial charge in [-0.2, -0.15) is 0 Å². The van der Waals surface area contributed by atoms with Crippen LogP contribution in [0.3, 0.4) is 0 Å². The summed E-state index contributed by atoms with van der Waals surface area (Å²) >= 11 is 0. The molecule has 2 amide bonds. The van der Waals surface area contributed by atoms with Gasteiger partial charge in [0, 0.05) is 13.1 Å². The van der Waals surface area contributed by atoms with Crippen LogP contribution in [0.2, 0.25) is 0 Å². The first kappa shape index (κ1) is 31.3. The van der Waals surface area contributed by atoms with Gasteiger partial charge in [-0.15, -0.1) is 0 Å². The molecule has 0 radical (unpaired) electrons. The molecule has 0 aliphatic carbocycles. The van der Waals surface area contributed by atoms with E-state index in [4.69, 9.17) is 4.74 Å². The van der Waals surface area contributed by atoms with E-state index >= 15 is 0 Å². The first-order chi connectivity index (χ1) is 20.6. The first-order valence-corrected chi connectivity index (χ1v) is 15.6. The molecule has 224 valence electrons. The molecule has 0 bridgehead atoms. The summed E-state index contributed by atoms with van der Waals surface area (Å²) in [7, 11) is -4.16. The van der Waals surface area contributed by atoms with Gasteiger partial charge in [0.1, 0.15) is 24.1 Å². The molecule has 0 saturated heterocycles. The Hall–Kier alpha value is -4.63.